The minimum atomic E-state index is -0.180. The first kappa shape index (κ1) is 12.4. The van der Waals surface area contributed by atoms with Gasteiger partial charge in [0.15, 0.2) is 0 Å². The van der Waals surface area contributed by atoms with Crippen LogP contribution in [0.3, 0.4) is 0 Å². The molecule has 2 heterocycles. The number of halogens is 1. The maximum Gasteiger partial charge on any atom is 0.213 e. The molecule has 0 aliphatic heterocycles. The monoisotopic (exact) mass is 269 g/mol. The van der Waals surface area contributed by atoms with Crippen molar-refractivity contribution in [3.8, 4) is 5.88 Å². The summed E-state index contributed by atoms with van der Waals surface area (Å²) in [5.41, 5.74) is 0.445. The number of pyridine rings is 1. The van der Waals surface area contributed by atoms with E-state index >= 15 is 0 Å². The maximum atomic E-state index is 9.02. The Balaban J connectivity index is 1.90. The van der Waals surface area contributed by atoms with E-state index in [0.717, 1.165) is 6.42 Å². The Bertz CT molecular complexity index is 473. The standard InChI is InChI=1S/C12H12ClNO2S/c13-10-3-4-12(14-11(10)8-15)16-6-5-9-2-1-7-17-9/h1-4,7,15H,5-6,8H2. The largest absolute Gasteiger partial charge is 0.477 e. The van der Waals surface area contributed by atoms with Gasteiger partial charge in [-0.25, -0.2) is 4.98 Å². The summed E-state index contributed by atoms with van der Waals surface area (Å²) in [4.78, 5) is 5.39. The third-order valence-corrected chi connectivity index (χ3v) is 3.50. The molecule has 0 saturated heterocycles. The molecule has 2 rings (SSSR count). The van der Waals surface area contributed by atoms with Gasteiger partial charge in [0, 0.05) is 17.4 Å². The quantitative estimate of drug-likeness (QED) is 0.908. The van der Waals surface area contributed by atoms with Gasteiger partial charge >= 0.3 is 0 Å². The van der Waals surface area contributed by atoms with Gasteiger partial charge < -0.3 is 9.84 Å². The lowest BCUT2D eigenvalue weighted by atomic mass is 10.3. The molecular weight excluding hydrogens is 258 g/mol. The Kier molecular flexibility index (Phi) is 4.36. The molecular formula is C12H12ClNO2S. The maximum absolute atomic E-state index is 9.02. The highest BCUT2D eigenvalue weighted by Crippen LogP contribution is 2.18. The molecule has 0 aliphatic rings. The number of ether oxygens (including phenoxy) is 1. The summed E-state index contributed by atoms with van der Waals surface area (Å²) in [5, 5.41) is 11.5. The zero-order valence-corrected chi connectivity index (χ0v) is 10.7. The van der Waals surface area contributed by atoms with Crippen molar-refractivity contribution in [3.05, 3.63) is 45.2 Å². The van der Waals surface area contributed by atoms with Crippen molar-refractivity contribution in [3.63, 3.8) is 0 Å². The molecule has 0 aliphatic carbocycles. The van der Waals surface area contributed by atoms with Gasteiger partial charge in [-0.1, -0.05) is 17.7 Å². The Morgan fingerprint density at radius 1 is 1.35 bits per heavy atom. The first-order valence-corrected chi connectivity index (χ1v) is 6.47. The van der Waals surface area contributed by atoms with Crippen LogP contribution in [0.5, 0.6) is 5.88 Å². The first-order valence-electron chi connectivity index (χ1n) is 5.21. The molecule has 1 N–H and O–H groups in total. The second-order valence-electron chi connectivity index (χ2n) is 3.41. The fraction of sp³-hybridized carbons (Fsp3) is 0.250. The average Bonchev–Trinajstić information content (AvgIpc) is 2.84. The summed E-state index contributed by atoms with van der Waals surface area (Å²) in [5.74, 6) is 0.495. The van der Waals surface area contributed by atoms with Crippen LogP contribution in [-0.2, 0) is 13.0 Å². The molecule has 0 spiro atoms. The molecule has 0 bridgehead atoms. The van der Waals surface area contributed by atoms with Crippen molar-refractivity contribution < 1.29 is 9.84 Å². The number of thiophene rings is 1. The van der Waals surface area contributed by atoms with Crippen LogP contribution in [-0.4, -0.2) is 16.7 Å². The van der Waals surface area contributed by atoms with Gasteiger partial charge in [-0.2, -0.15) is 0 Å². The molecule has 2 aromatic rings. The molecule has 0 amide bonds. The van der Waals surface area contributed by atoms with Crippen LogP contribution >= 0.6 is 22.9 Å². The Morgan fingerprint density at radius 2 is 2.24 bits per heavy atom. The van der Waals surface area contributed by atoms with Gasteiger partial charge in [0.1, 0.15) is 0 Å². The van der Waals surface area contributed by atoms with Crippen LogP contribution in [0.4, 0.5) is 0 Å². The molecule has 0 aromatic carbocycles. The topological polar surface area (TPSA) is 42.4 Å². The highest BCUT2D eigenvalue weighted by Gasteiger charge is 2.03. The summed E-state index contributed by atoms with van der Waals surface area (Å²) < 4.78 is 5.50. The molecule has 17 heavy (non-hydrogen) atoms. The smallest absolute Gasteiger partial charge is 0.213 e. The van der Waals surface area contributed by atoms with Gasteiger partial charge in [0.25, 0.3) is 0 Å². The Morgan fingerprint density at radius 3 is 2.94 bits per heavy atom. The number of nitrogens with zero attached hydrogens (tertiary/aromatic N) is 1. The van der Waals surface area contributed by atoms with Crippen molar-refractivity contribution >= 4 is 22.9 Å². The van der Waals surface area contributed by atoms with Gasteiger partial charge in [-0.3, -0.25) is 0 Å². The van der Waals surface area contributed by atoms with E-state index < -0.39 is 0 Å². The summed E-state index contributed by atoms with van der Waals surface area (Å²) in [6, 6.07) is 7.48. The highest BCUT2D eigenvalue weighted by molar-refractivity contribution is 7.09. The summed E-state index contributed by atoms with van der Waals surface area (Å²) in [7, 11) is 0. The molecule has 0 saturated carbocycles. The van der Waals surface area contributed by atoms with Crippen molar-refractivity contribution in [1.29, 1.82) is 0 Å². The third kappa shape index (κ3) is 3.43. The van der Waals surface area contributed by atoms with Gasteiger partial charge in [-0.15, -0.1) is 11.3 Å². The van der Waals surface area contributed by atoms with E-state index in [1.54, 1.807) is 23.5 Å². The van der Waals surface area contributed by atoms with Crippen LogP contribution in [0.1, 0.15) is 10.6 Å². The van der Waals surface area contributed by atoms with Crippen molar-refractivity contribution in [2.45, 2.75) is 13.0 Å². The molecule has 0 atom stereocenters. The number of hydrogen-bond donors (Lipinski definition) is 1. The number of aromatic nitrogens is 1. The summed E-state index contributed by atoms with van der Waals surface area (Å²) >= 11 is 7.54. The zero-order chi connectivity index (χ0) is 12.1. The fourth-order valence-corrected chi connectivity index (χ4v) is 2.22. The molecule has 0 radical (unpaired) electrons. The van der Waals surface area contributed by atoms with Crippen LogP contribution in [0.25, 0.3) is 0 Å². The zero-order valence-electron chi connectivity index (χ0n) is 9.10. The highest BCUT2D eigenvalue weighted by atomic mass is 35.5. The van der Waals surface area contributed by atoms with Gasteiger partial charge in [0.05, 0.1) is 23.9 Å². The predicted molar refractivity (Wildman–Crippen MR) is 68.7 cm³/mol. The first-order chi connectivity index (χ1) is 8.29. The van der Waals surface area contributed by atoms with E-state index in [9.17, 15) is 0 Å². The predicted octanol–water partition coefficient (Wildman–Crippen LogP) is 2.91. The van der Waals surface area contributed by atoms with Crippen LogP contribution in [0.2, 0.25) is 5.02 Å². The van der Waals surface area contributed by atoms with Crippen molar-refractivity contribution in [2.24, 2.45) is 0 Å². The minimum absolute atomic E-state index is 0.180. The lowest BCUT2D eigenvalue weighted by molar-refractivity contribution is 0.269. The van der Waals surface area contributed by atoms with E-state index in [4.69, 9.17) is 21.4 Å². The molecule has 3 nitrogen and oxygen atoms in total. The number of aliphatic hydroxyl groups is 1. The number of rotatable bonds is 5. The van der Waals surface area contributed by atoms with E-state index in [2.05, 4.69) is 11.1 Å². The van der Waals surface area contributed by atoms with Crippen molar-refractivity contribution in [1.82, 2.24) is 4.98 Å². The van der Waals surface area contributed by atoms with Crippen LogP contribution in [0.15, 0.2) is 29.6 Å². The van der Waals surface area contributed by atoms with Gasteiger partial charge in [-0.05, 0) is 17.5 Å². The summed E-state index contributed by atoms with van der Waals surface area (Å²) in [6.45, 7) is 0.390. The number of aliphatic hydroxyl groups excluding tert-OH is 1. The fourth-order valence-electron chi connectivity index (χ4n) is 1.37. The van der Waals surface area contributed by atoms with Crippen molar-refractivity contribution in [2.75, 3.05) is 6.61 Å². The third-order valence-electron chi connectivity index (χ3n) is 2.22. The van der Waals surface area contributed by atoms with E-state index in [-0.39, 0.29) is 6.61 Å². The molecule has 5 heteroatoms. The van der Waals surface area contributed by atoms with Gasteiger partial charge in [0.2, 0.25) is 5.88 Å². The second kappa shape index (κ2) is 6.00. The lowest BCUT2D eigenvalue weighted by Gasteiger charge is -2.06. The Hall–Kier alpha value is -1.10. The minimum Gasteiger partial charge on any atom is -0.477 e. The normalized spacial score (nSPS) is 10.5. The SMILES string of the molecule is OCc1nc(OCCc2cccs2)ccc1Cl. The number of hydrogen-bond acceptors (Lipinski definition) is 4. The molecule has 90 valence electrons. The molecule has 2 aromatic heterocycles. The lowest BCUT2D eigenvalue weighted by Crippen LogP contribution is -2.03. The average molecular weight is 270 g/mol. The summed E-state index contributed by atoms with van der Waals surface area (Å²) in [6.07, 6.45) is 0.858. The van der Waals surface area contributed by atoms with Crippen LogP contribution in [0, 0.1) is 0 Å². The van der Waals surface area contributed by atoms with Crippen LogP contribution < -0.4 is 4.74 Å². The van der Waals surface area contributed by atoms with E-state index in [1.807, 2.05) is 11.4 Å². The Labute approximate surface area is 109 Å². The second-order valence-corrected chi connectivity index (χ2v) is 4.85. The molecule has 0 fully saturated rings. The van der Waals surface area contributed by atoms with E-state index in [0.29, 0.717) is 23.2 Å². The van der Waals surface area contributed by atoms with E-state index in [1.165, 1.54) is 4.88 Å². The molecule has 0 unspecified atom stereocenters.